The molecule has 0 aromatic carbocycles. The molecule has 168 valence electrons. The van der Waals surface area contributed by atoms with Gasteiger partial charge in [0, 0.05) is 56.2 Å². The standard InChI is InChI=1S/C23H27ClN6O2/c1-14-10-28-22(29-18-2-4-32-5-3-18)8-19(14)15-7-20(27-12-15)23(31)30-21(9-25)16-6-17(24)13-26-11-16/h6-8,10-13,18,21,27H,2-5,9,25H2,1H3,(H,28,29)(H,30,31)/t21-/m1/s1. The minimum atomic E-state index is -0.390. The van der Waals surface area contributed by atoms with E-state index < -0.39 is 6.04 Å². The van der Waals surface area contributed by atoms with E-state index in [2.05, 4.69) is 25.6 Å². The molecule has 0 bridgehead atoms. The van der Waals surface area contributed by atoms with Crippen LogP contribution in [-0.4, -0.2) is 46.7 Å². The van der Waals surface area contributed by atoms with Crippen LogP contribution in [-0.2, 0) is 4.74 Å². The summed E-state index contributed by atoms with van der Waals surface area (Å²) < 4.78 is 5.42. The number of ether oxygens (including phenoxy) is 1. The molecule has 9 heteroatoms. The third-order valence-electron chi connectivity index (χ3n) is 5.58. The Bertz CT molecular complexity index is 1080. The van der Waals surface area contributed by atoms with Crippen molar-refractivity contribution in [3.05, 3.63) is 64.8 Å². The molecule has 0 saturated carbocycles. The molecule has 3 aromatic heterocycles. The monoisotopic (exact) mass is 454 g/mol. The van der Waals surface area contributed by atoms with Gasteiger partial charge in [0.05, 0.1) is 11.1 Å². The van der Waals surface area contributed by atoms with Crippen molar-refractivity contribution in [2.24, 2.45) is 5.73 Å². The minimum absolute atomic E-state index is 0.228. The SMILES string of the molecule is Cc1cnc(NC2CCOCC2)cc1-c1c[nH]c(C(=O)N[C@H](CN)c2cncc(Cl)c2)c1. The van der Waals surface area contributed by atoms with Gasteiger partial charge in [-0.3, -0.25) is 9.78 Å². The van der Waals surface area contributed by atoms with E-state index in [1.54, 1.807) is 18.5 Å². The van der Waals surface area contributed by atoms with Gasteiger partial charge in [-0.1, -0.05) is 11.6 Å². The Hall–Kier alpha value is -2.94. The van der Waals surface area contributed by atoms with E-state index in [0.29, 0.717) is 16.8 Å². The van der Waals surface area contributed by atoms with E-state index in [1.807, 2.05) is 31.5 Å². The van der Waals surface area contributed by atoms with Crippen molar-refractivity contribution in [1.29, 1.82) is 0 Å². The fourth-order valence-corrected chi connectivity index (χ4v) is 3.96. The number of carbonyl (C=O) groups is 1. The summed E-state index contributed by atoms with van der Waals surface area (Å²) in [6, 6.07) is 5.57. The van der Waals surface area contributed by atoms with E-state index in [9.17, 15) is 4.79 Å². The molecule has 0 aliphatic carbocycles. The van der Waals surface area contributed by atoms with Crippen LogP contribution < -0.4 is 16.4 Å². The summed E-state index contributed by atoms with van der Waals surface area (Å²) in [5, 5.41) is 6.93. The summed E-state index contributed by atoms with van der Waals surface area (Å²) in [7, 11) is 0. The van der Waals surface area contributed by atoms with Gasteiger partial charge in [-0.15, -0.1) is 0 Å². The van der Waals surface area contributed by atoms with Crippen molar-refractivity contribution in [2.75, 3.05) is 25.1 Å². The number of aryl methyl sites for hydroxylation is 1. The second kappa shape index (κ2) is 10.1. The Balaban J connectivity index is 1.49. The number of hydrogen-bond acceptors (Lipinski definition) is 6. The maximum absolute atomic E-state index is 12.8. The first-order valence-corrected chi connectivity index (χ1v) is 11.0. The van der Waals surface area contributed by atoms with E-state index >= 15 is 0 Å². The number of rotatable bonds is 7. The topological polar surface area (TPSA) is 118 Å². The molecule has 4 rings (SSSR count). The highest BCUT2D eigenvalue weighted by atomic mass is 35.5. The Morgan fingerprint density at radius 3 is 2.84 bits per heavy atom. The molecule has 5 N–H and O–H groups in total. The van der Waals surface area contributed by atoms with Crippen molar-refractivity contribution < 1.29 is 9.53 Å². The first-order chi connectivity index (χ1) is 15.5. The maximum atomic E-state index is 12.8. The minimum Gasteiger partial charge on any atom is -0.381 e. The van der Waals surface area contributed by atoms with Crippen LogP contribution in [0.5, 0.6) is 0 Å². The number of amides is 1. The third kappa shape index (κ3) is 5.27. The number of anilines is 1. The van der Waals surface area contributed by atoms with Gasteiger partial charge < -0.3 is 26.1 Å². The molecular weight excluding hydrogens is 428 g/mol. The van der Waals surface area contributed by atoms with Crippen molar-refractivity contribution in [3.63, 3.8) is 0 Å². The first-order valence-electron chi connectivity index (χ1n) is 10.6. The number of carbonyl (C=O) groups excluding carboxylic acids is 1. The normalized spacial score (nSPS) is 15.3. The Morgan fingerprint density at radius 1 is 1.28 bits per heavy atom. The summed E-state index contributed by atoms with van der Waals surface area (Å²) in [5.74, 6) is 0.570. The fraction of sp³-hybridized carbons (Fsp3) is 0.348. The van der Waals surface area contributed by atoms with Crippen molar-refractivity contribution >= 4 is 23.3 Å². The van der Waals surface area contributed by atoms with Crippen molar-refractivity contribution in [1.82, 2.24) is 20.3 Å². The number of nitrogens with two attached hydrogens (primary N) is 1. The van der Waals surface area contributed by atoms with Crippen LogP contribution in [0.2, 0.25) is 5.02 Å². The largest absolute Gasteiger partial charge is 0.381 e. The maximum Gasteiger partial charge on any atom is 0.268 e. The molecule has 1 saturated heterocycles. The molecule has 0 unspecified atom stereocenters. The van der Waals surface area contributed by atoms with Gasteiger partial charge in [-0.2, -0.15) is 0 Å². The summed E-state index contributed by atoms with van der Waals surface area (Å²) in [6.07, 6.45) is 8.79. The Kier molecular flexibility index (Phi) is 7.04. The zero-order valence-electron chi connectivity index (χ0n) is 17.9. The number of aromatic nitrogens is 3. The number of halogens is 1. The van der Waals surface area contributed by atoms with Gasteiger partial charge in [-0.05, 0) is 54.7 Å². The van der Waals surface area contributed by atoms with E-state index in [-0.39, 0.29) is 12.5 Å². The number of pyridine rings is 2. The lowest BCUT2D eigenvalue weighted by molar-refractivity contribution is 0.0903. The molecule has 1 atom stereocenters. The Labute approximate surface area is 191 Å². The van der Waals surface area contributed by atoms with E-state index in [0.717, 1.165) is 54.1 Å². The molecule has 1 amide bonds. The highest BCUT2D eigenvalue weighted by molar-refractivity contribution is 6.30. The average Bonchev–Trinajstić information content (AvgIpc) is 3.29. The quantitative estimate of drug-likeness (QED) is 0.434. The van der Waals surface area contributed by atoms with Crippen LogP contribution in [0.4, 0.5) is 5.82 Å². The molecule has 1 fully saturated rings. The molecule has 8 nitrogen and oxygen atoms in total. The predicted octanol–water partition coefficient (Wildman–Crippen LogP) is 3.45. The molecule has 32 heavy (non-hydrogen) atoms. The van der Waals surface area contributed by atoms with Gasteiger partial charge in [0.2, 0.25) is 0 Å². The summed E-state index contributed by atoms with van der Waals surface area (Å²) >= 11 is 6.02. The number of H-pyrrole nitrogens is 1. The lowest BCUT2D eigenvalue weighted by atomic mass is 10.0. The number of nitrogens with zero attached hydrogens (tertiary/aromatic N) is 2. The van der Waals surface area contributed by atoms with Crippen LogP contribution in [0.15, 0.2) is 43.0 Å². The first kappa shape index (κ1) is 22.3. The van der Waals surface area contributed by atoms with Crippen LogP contribution >= 0.6 is 11.6 Å². The van der Waals surface area contributed by atoms with Gasteiger partial charge >= 0.3 is 0 Å². The molecule has 4 heterocycles. The lowest BCUT2D eigenvalue weighted by Gasteiger charge is -2.24. The summed E-state index contributed by atoms with van der Waals surface area (Å²) in [4.78, 5) is 24.5. The third-order valence-corrected chi connectivity index (χ3v) is 5.79. The number of nitrogens with one attached hydrogen (secondary N) is 3. The molecule has 0 radical (unpaired) electrons. The molecule has 1 aliphatic rings. The molecule has 3 aromatic rings. The average molecular weight is 455 g/mol. The van der Waals surface area contributed by atoms with E-state index in [4.69, 9.17) is 22.1 Å². The van der Waals surface area contributed by atoms with Gasteiger partial charge in [0.25, 0.3) is 5.91 Å². The fourth-order valence-electron chi connectivity index (χ4n) is 3.78. The zero-order chi connectivity index (χ0) is 22.5. The number of aromatic amines is 1. The Morgan fingerprint density at radius 2 is 2.09 bits per heavy atom. The van der Waals surface area contributed by atoms with Crippen LogP contribution in [0.1, 0.15) is 40.5 Å². The van der Waals surface area contributed by atoms with Crippen LogP contribution in [0.25, 0.3) is 11.1 Å². The highest BCUT2D eigenvalue weighted by Gasteiger charge is 2.18. The predicted molar refractivity (Wildman–Crippen MR) is 125 cm³/mol. The van der Waals surface area contributed by atoms with E-state index in [1.165, 1.54) is 0 Å². The van der Waals surface area contributed by atoms with Crippen LogP contribution in [0, 0.1) is 6.92 Å². The second-order valence-electron chi connectivity index (χ2n) is 7.92. The number of hydrogen-bond donors (Lipinski definition) is 4. The second-order valence-corrected chi connectivity index (χ2v) is 8.35. The zero-order valence-corrected chi connectivity index (χ0v) is 18.7. The lowest BCUT2D eigenvalue weighted by Crippen LogP contribution is -2.33. The highest BCUT2D eigenvalue weighted by Crippen LogP contribution is 2.27. The van der Waals surface area contributed by atoms with Gasteiger partial charge in [0.15, 0.2) is 0 Å². The van der Waals surface area contributed by atoms with Crippen molar-refractivity contribution in [3.8, 4) is 11.1 Å². The molecule has 1 aliphatic heterocycles. The summed E-state index contributed by atoms with van der Waals surface area (Å²) in [5.41, 5.74) is 10.0. The van der Waals surface area contributed by atoms with Crippen LogP contribution in [0.3, 0.4) is 0 Å². The molecule has 0 spiro atoms. The van der Waals surface area contributed by atoms with Gasteiger partial charge in [0.1, 0.15) is 11.5 Å². The summed E-state index contributed by atoms with van der Waals surface area (Å²) in [6.45, 7) is 3.76. The van der Waals surface area contributed by atoms with Gasteiger partial charge in [-0.25, -0.2) is 4.98 Å². The molecular formula is C23H27ClN6O2. The smallest absolute Gasteiger partial charge is 0.268 e. The van der Waals surface area contributed by atoms with Crippen molar-refractivity contribution in [2.45, 2.75) is 31.8 Å².